The van der Waals surface area contributed by atoms with E-state index in [0.29, 0.717) is 0 Å². The van der Waals surface area contributed by atoms with Gasteiger partial charge in [0, 0.05) is 6.20 Å². The van der Waals surface area contributed by atoms with E-state index in [1.54, 1.807) is 0 Å². The second kappa shape index (κ2) is 2.49. The average Bonchev–Trinajstić information content (AvgIpc) is 2.34. The quantitative estimate of drug-likeness (QED) is 0.526. The predicted octanol–water partition coefficient (Wildman–Crippen LogP) is -1.80. The van der Waals surface area contributed by atoms with Crippen LogP contribution in [0.1, 0.15) is 10.5 Å². The fourth-order valence-corrected chi connectivity index (χ4v) is 0.549. The van der Waals surface area contributed by atoms with Crippen molar-refractivity contribution >= 4 is 5.97 Å². The Morgan fingerprint density at radius 3 is 2.90 bits per heavy atom. The molecule has 1 aromatic heterocycles. The number of carboxylic acids is 1. The smallest absolute Gasteiger partial charge is 0.136 e. The lowest BCUT2D eigenvalue weighted by Crippen LogP contribution is -2.23. The van der Waals surface area contributed by atoms with Crippen LogP contribution in [0, 0.1) is 0 Å². The number of aliphatic hydroxyl groups excluding tert-OH is 1. The zero-order chi connectivity index (χ0) is 7.56. The summed E-state index contributed by atoms with van der Waals surface area (Å²) in [4.78, 5) is 10.1. The molecule has 1 rings (SSSR count). The van der Waals surface area contributed by atoms with Crippen molar-refractivity contribution in [3.63, 3.8) is 0 Å². The van der Waals surface area contributed by atoms with Gasteiger partial charge in [0.2, 0.25) is 0 Å². The van der Waals surface area contributed by atoms with Crippen molar-refractivity contribution in [2.75, 3.05) is 0 Å². The monoisotopic (exact) mass is 141 g/mol. The van der Waals surface area contributed by atoms with Gasteiger partial charge in [0.1, 0.15) is 12.4 Å². The van der Waals surface area contributed by atoms with E-state index in [1.807, 2.05) is 0 Å². The number of hydrogen-bond donors (Lipinski definition) is 1. The molecule has 0 spiro atoms. The first-order valence-corrected chi connectivity index (χ1v) is 2.59. The second-order valence-corrected chi connectivity index (χ2v) is 1.67. The van der Waals surface area contributed by atoms with Crippen molar-refractivity contribution in [3.05, 3.63) is 18.0 Å². The largest absolute Gasteiger partial charge is 0.543 e. The number of carbonyl (C=O) groups excluding carboxylic acids is 1. The van der Waals surface area contributed by atoms with Crippen LogP contribution in [-0.2, 0) is 6.73 Å². The molecule has 0 amide bonds. The number of carbonyl (C=O) groups is 1. The molecule has 0 aromatic carbocycles. The summed E-state index contributed by atoms with van der Waals surface area (Å²) in [5.41, 5.74) is -0.172. The highest BCUT2D eigenvalue weighted by Crippen LogP contribution is 1.91. The SMILES string of the molecule is O=C([O-])c1ccn(CO)n1. The Morgan fingerprint density at radius 1 is 1.90 bits per heavy atom. The van der Waals surface area contributed by atoms with E-state index >= 15 is 0 Å². The second-order valence-electron chi connectivity index (χ2n) is 1.67. The van der Waals surface area contributed by atoms with Crippen LogP contribution in [0.3, 0.4) is 0 Å². The lowest BCUT2D eigenvalue weighted by molar-refractivity contribution is -0.255. The summed E-state index contributed by atoms with van der Waals surface area (Å²) < 4.78 is 1.09. The van der Waals surface area contributed by atoms with Gasteiger partial charge in [-0.15, -0.1) is 0 Å². The summed E-state index contributed by atoms with van der Waals surface area (Å²) in [6.07, 6.45) is 1.35. The number of hydrogen-bond acceptors (Lipinski definition) is 4. The molecule has 5 nitrogen and oxygen atoms in total. The number of aromatic nitrogens is 2. The van der Waals surface area contributed by atoms with Gasteiger partial charge < -0.3 is 15.0 Å². The van der Waals surface area contributed by atoms with E-state index in [1.165, 1.54) is 12.3 Å². The Balaban J connectivity index is 2.88. The molecule has 0 bridgehead atoms. The van der Waals surface area contributed by atoms with E-state index in [9.17, 15) is 9.90 Å². The minimum Gasteiger partial charge on any atom is -0.543 e. The van der Waals surface area contributed by atoms with E-state index in [0.717, 1.165) is 4.68 Å². The number of carboxylic acid groups (broad SMARTS) is 1. The minimum absolute atomic E-state index is 0.172. The summed E-state index contributed by atoms with van der Waals surface area (Å²) in [6, 6.07) is 1.26. The van der Waals surface area contributed by atoms with Crippen LogP contribution in [0.15, 0.2) is 12.3 Å². The van der Waals surface area contributed by atoms with Crippen molar-refractivity contribution in [1.82, 2.24) is 9.78 Å². The van der Waals surface area contributed by atoms with Gasteiger partial charge in [0.05, 0.1) is 5.97 Å². The third kappa shape index (κ3) is 1.14. The zero-order valence-electron chi connectivity index (χ0n) is 5.02. The molecular weight excluding hydrogens is 136 g/mol. The van der Waals surface area contributed by atoms with Gasteiger partial charge in [-0.25, -0.2) is 4.68 Å². The average molecular weight is 141 g/mol. The van der Waals surface area contributed by atoms with Crippen LogP contribution < -0.4 is 5.11 Å². The van der Waals surface area contributed by atoms with Crippen LogP contribution in [-0.4, -0.2) is 20.9 Å². The molecule has 10 heavy (non-hydrogen) atoms. The third-order valence-corrected chi connectivity index (χ3v) is 0.995. The molecule has 0 radical (unpaired) electrons. The summed E-state index contributed by atoms with van der Waals surface area (Å²) in [5, 5.41) is 21.9. The predicted molar refractivity (Wildman–Crippen MR) is 28.8 cm³/mol. The van der Waals surface area contributed by atoms with Crippen molar-refractivity contribution in [2.24, 2.45) is 0 Å². The summed E-state index contributed by atoms with van der Waals surface area (Å²) >= 11 is 0. The minimum atomic E-state index is -1.34. The molecule has 0 aliphatic rings. The first kappa shape index (κ1) is 6.76. The van der Waals surface area contributed by atoms with Crippen molar-refractivity contribution < 1.29 is 15.0 Å². The van der Waals surface area contributed by atoms with Crippen LogP contribution in [0.4, 0.5) is 0 Å². The Kier molecular flexibility index (Phi) is 1.68. The number of nitrogens with zero attached hydrogens (tertiary/aromatic N) is 2. The Morgan fingerprint density at radius 2 is 2.60 bits per heavy atom. The maximum atomic E-state index is 10.1. The topological polar surface area (TPSA) is 78.2 Å². The van der Waals surface area contributed by atoms with Gasteiger partial charge in [0.25, 0.3) is 0 Å². The first-order chi connectivity index (χ1) is 4.74. The summed E-state index contributed by atoms with van der Waals surface area (Å²) in [7, 11) is 0. The van der Waals surface area contributed by atoms with Gasteiger partial charge in [-0.05, 0) is 6.07 Å². The molecule has 0 unspecified atom stereocenters. The Hall–Kier alpha value is -1.36. The normalized spacial score (nSPS) is 9.70. The molecule has 0 saturated heterocycles. The third-order valence-electron chi connectivity index (χ3n) is 0.995. The van der Waals surface area contributed by atoms with Crippen molar-refractivity contribution in [3.8, 4) is 0 Å². The highest BCUT2D eigenvalue weighted by atomic mass is 16.4. The molecule has 0 saturated carbocycles. The maximum Gasteiger partial charge on any atom is 0.136 e. The molecule has 0 aliphatic heterocycles. The van der Waals surface area contributed by atoms with Crippen LogP contribution >= 0.6 is 0 Å². The van der Waals surface area contributed by atoms with Crippen molar-refractivity contribution in [1.29, 1.82) is 0 Å². The van der Waals surface area contributed by atoms with Gasteiger partial charge >= 0.3 is 0 Å². The highest BCUT2D eigenvalue weighted by molar-refractivity contribution is 5.83. The van der Waals surface area contributed by atoms with Gasteiger partial charge in [-0.2, -0.15) is 5.10 Å². The zero-order valence-corrected chi connectivity index (χ0v) is 5.02. The molecule has 0 fully saturated rings. The molecule has 0 aliphatic carbocycles. The molecule has 5 heteroatoms. The lowest BCUT2D eigenvalue weighted by atomic mass is 10.5. The molecule has 0 atom stereocenters. The van der Waals surface area contributed by atoms with Crippen LogP contribution in [0.5, 0.6) is 0 Å². The number of aliphatic hydroxyl groups is 1. The molecule has 1 heterocycles. The fraction of sp³-hybridized carbons (Fsp3) is 0.200. The molecule has 54 valence electrons. The summed E-state index contributed by atoms with van der Waals surface area (Å²) in [6.45, 7) is -0.326. The van der Waals surface area contributed by atoms with Crippen molar-refractivity contribution in [2.45, 2.75) is 6.73 Å². The van der Waals surface area contributed by atoms with Crippen LogP contribution in [0.25, 0.3) is 0 Å². The number of rotatable bonds is 2. The van der Waals surface area contributed by atoms with Gasteiger partial charge in [-0.1, -0.05) is 0 Å². The first-order valence-electron chi connectivity index (χ1n) is 2.59. The highest BCUT2D eigenvalue weighted by Gasteiger charge is 1.96. The Labute approximate surface area is 56.5 Å². The van der Waals surface area contributed by atoms with Gasteiger partial charge in [0.15, 0.2) is 0 Å². The standard InChI is InChI=1S/C5H6N2O3/c8-3-7-2-1-4(6-7)5(9)10/h1-2,8H,3H2,(H,9,10)/p-1. The van der Waals surface area contributed by atoms with Gasteiger partial charge in [-0.3, -0.25) is 0 Å². The summed E-state index contributed by atoms with van der Waals surface area (Å²) in [5.74, 6) is -1.34. The molecule has 1 N–H and O–H groups in total. The van der Waals surface area contributed by atoms with E-state index in [4.69, 9.17) is 5.11 Å². The molecule has 1 aromatic rings. The van der Waals surface area contributed by atoms with E-state index in [2.05, 4.69) is 5.10 Å². The lowest BCUT2D eigenvalue weighted by Gasteiger charge is -1.94. The number of aromatic carboxylic acids is 1. The van der Waals surface area contributed by atoms with E-state index < -0.39 is 5.97 Å². The Bertz CT molecular complexity index is 243. The molecular formula is C5H5N2O3-. The van der Waals surface area contributed by atoms with Crippen LogP contribution in [0.2, 0.25) is 0 Å². The maximum absolute atomic E-state index is 10.1. The fourth-order valence-electron chi connectivity index (χ4n) is 0.549. The van der Waals surface area contributed by atoms with E-state index in [-0.39, 0.29) is 12.4 Å².